The number of amides is 1. The van der Waals surface area contributed by atoms with Crippen LogP contribution in [0.25, 0.3) is 5.69 Å². The molecular formula is C20H17FN2O3. The third-order valence-corrected chi connectivity index (χ3v) is 3.75. The SMILES string of the molecule is CC(OC(=O)c1ccc(-n2cccc2)cc1)C(=O)Nc1cccc(F)c1. The summed E-state index contributed by atoms with van der Waals surface area (Å²) in [5, 5.41) is 2.51. The number of nitrogens with one attached hydrogen (secondary N) is 1. The molecule has 1 heterocycles. The van der Waals surface area contributed by atoms with Crippen LogP contribution in [0.4, 0.5) is 10.1 Å². The van der Waals surface area contributed by atoms with Crippen LogP contribution in [-0.2, 0) is 9.53 Å². The van der Waals surface area contributed by atoms with E-state index in [0.717, 1.165) is 5.69 Å². The average Bonchev–Trinajstić information content (AvgIpc) is 3.16. The molecule has 1 unspecified atom stereocenters. The van der Waals surface area contributed by atoms with Gasteiger partial charge in [-0.25, -0.2) is 9.18 Å². The summed E-state index contributed by atoms with van der Waals surface area (Å²) in [6.45, 7) is 1.46. The monoisotopic (exact) mass is 352 g/mol. The molecule has 5 nitrogen and oxygen atoms in total. The summed E-state index contributed by atoms with van der Waals surface area (Å²) in [6, 6.07) is 16.1. The number of carbonyl (C=O) groups is 2. The minimum Gasteiger partial charge on any atom is -0.449 e. The Labute approximate surface area is 150 Å². The lowest BCUT2D eigenvalue weighted by Crippen LogP contribution is -2.30. The van der Waals surface area contributed by atoms with E-state index in [1.807, 2.05) is 29.1 Å². The number of anilines is 1. The Morgan fingerprint density at radius 1 is 1.04 bits per heavy atom. The van der Waals surface area contributed by atoms with Crippen molar-refractivity contribution in [2.45, 2.75) is 13.0 Å². The fourth-order valence-corrected chi connectivity index (χ4v) is 2.37. The first-order valence-electron chi connectivity index (χ1n) is 8.04. The fraction of sp³-hybridized carbons (Fsp3) is 0.100. The van der Waals surface area contributed by atoms with E-state index in [2.05, 4.69) is 5.32 Å². The van der Waals surface area contributed by atoms with Gasteiger partial charge in [0.1, 0.15) is 5.82 Å². The van der Waals surface area contributed by atoms with Crippen molar-refractivity contribution >= 4 is 17.6 Å². The smallest absolute Gasteiger partial charge is 0.338 e. The number of nitrogens with zero attached hydrogens (tertiary/aromatic N) is 1. The second-order valence-corrected chi connectivity index (χ2v) is 5.68. The highest BCUT2D eigenvalue weighted by Crippen LogP contribution is 2.13. The van der Waals surface area contributed by atoms with Gasteiger partial charge in [-0.15, -0.1) is 0 Å². The number of hydrogen-bond donors (Lipinski definition) is 1. The first-order chi connectivity index (χ1) is 12.5. The normalized spacial score (nSPS) is 11.6. The van der Waals surface area contributed by atoms with E-state index in [1.165, 1.54) is 25.1 Å². The highest BCUT2D eigenvalue weighted by atomic mass is 19.1. The molecule has 0 radical (unpaired) electrons. The van der Waals surface area contributed by atoms with Crippen molar-refractivity contribution in [3.05, 3.63) is 84.4 Å². The third kappa shape index (κ3) is 4.16. The van der Waals surface area contributed by atoms with Crippen molar-refractivity contribution in [1.82, 2.24) is 4.57 Å². The largest absolute Gasteiger partial charge is 0.449 e. The van der Waals surface area contributed by atoms with Gasteiger partial charge in [0.25, 0.3) is 5.91 Å². The molecule has 6 heteroatoms. The number of halogens is 1. The summed E-state index contributed by atoms with van der Waals surface area (Å²) in [6.07, 6.45) is 2.77. The van der Waals surface area contributed by atoms with Gasteiger partial charge in [-0.1, -0.05) is 6.07 Å². The first-order valence-corrected chi connectivity index (χ1v) is 8.04. The number of esters is 1. The molecule has 132 valence electrons. The number of aromatic nitrogens is 1. The standard InChI is InChI=1S/C20H17FN2O3/c1-14(19(24)22-17-6-4-5-16(21)13-17)26-20(25)15-7-9-18(10-8-15)23-11-2-3-12-23/h2-14H,1H3,(H,22,24). The molecule has 2 aromatic carbocycles. The summed E-state index contributed by atoms with van der Waals surface area (Å²) in [4.78, 5) is 24.3. The predicted octanol–water partition coefficient (Wildman–Crippen LogP) is 3.80. The van der Waals surface area contributed by atoms with Crippen LogP contribution < -0.4 is 5.32 Å². The molecule has 0 aliphatic heterocycles. The van der Waals surface area contributed by atoms with Gasteiger partial charge < -0.3 is 14.6 Å². The zero-order chi connectivity index (χ0) is 18.5. The van der Waals surface area contributed by atoms with Crippen LogP contribution in [-0.4, -0.2) is 22.5 Å². The highest BCUT2D eigenvalue weighted by molar-refractivity contribution is 5.97. The van der Waals surface area contributed by atoms with Crippen molar-refractivity contribution in [3.8, 4) is 5.69 Å². The average molecular weight is 352 g/mol. The molecule has 1 N–H and O–H groups in total. The van der Waals surface area contributed by atoms with Gasteiger partial charge >= 0.3 is 5.97 Å². The summed E-state index contributed by atoms with van der Waals surface area (Å²) in [7, 11) is 0. The maximum absolute atomic E-state index is 13.1. The van der Waals surface area contributed by atoms with E-state index in [4.69, 9.17) is 4.74 Å². The van der Waals surface area contributed by atoms with Gasteiger partial charge in [-0.2, -0.15) is 0 Å². The van der Waals surface area contributed by atoms with Crippen LogP contribution in [0, 0.1) is 5.82 Å². The van der Waals surface area contributed by atoms with E-state index in [-0.39, 0.29) is 0 Å². The van der Waals surface area contributed by atoms with E-state index in [1.54, 1.807) is 30.3 Å². The Bertz CT molecular complexity index is 905. The zero-order valence-corrected chi connectivity index (χ0v) is 14.1. The first kappa shape index (κ1) is 17.4. The van der Waals surface area contributed by atoms with Crippen molar-refractivity contribution < 1.29 is 18.7 Å². The molecule has 1 amide bonds. The summed E-state index contributed by atoms with van der Waals surface area (Å²) >= 11 is 0. The molecule has 0 aliphatic rings. The van der Waals surface area contributed by atoms with Gasteiger partial charge in [0.15, 0.2) is 6.10 Å². The van der Waals surface area contributed by atoms with Gasteiger partial charge in [0.05, 0.1) is 5.56 Å². The van der Waals surface area contributed by atoms with E-state index >= 15 is 0 Å². The van der Waals surface area contributed by atoms with E-state index < -0.39 is 23.8 Å². The van der Waals surface area contributed by atoms with Crippen LogP contribution in [0.2, 0.25) is 0 Å². The lowest BCUT2D eigenvalue weighted by atomic mass is 10.2. The number of hydrogen-bond acceptors (Lipinski definition) is 3. The highest BCUT2D eigenvalue weighted by Gasteiger charge is 2.19. The Hall–Kier alpha value is -3.41. The Balaban J connectivity index is 1.60. The minimum absolute atomic E-state index is 0.300. The molecule has 0 bridgehead atoms. The molecule has 0 aliphatic carbocycles. The zero-order valence-electron chi connectivity index (χ0n) is 14.1. The van der Waals surface area contributed by atoms with Crippen LogP contribution in [0.3, 0.4) is 0 Å². The van der Waals surface area contributed by atoms with Gasteiger partial charge in [-0.3, -0.25) is 4.79 Å². The summed E-state index contributed by atoms with van der Waals surface area (Å²) in [5.74, 6) is -1.60. The van der Waals surface area contributed by atoms with Gasteiger partial charge in [-0.05, 0) is 61.5 Å². The molecule has 3 aromatic rings. The number of carbonyl (C=O) groups excluding carboxylic acids is 2. The Morgan fingerprint density at radius 2 is 1.73 bits per heavy atom. The minimum atomic E-state index is -1.02. The lowest BCUT2D eigenvalue weighted by Gasteiger charge is -2.14. The van der Waals surface area contributed by atoms with Crippen LogP contribution in [0.15, 0.2) is 73.1 Å². The quantitative estimate of drug-likeness (QED) is 0.711. The summed E-state index contributed by atoms with van der Waals surface area (Å²) in [5.41, 5.74) is 1.55. The van der Waals surface area contributed by atoms with Gasteiger partial charge in [0, 0.05) is 23.8 Å². The Kier molecular flexibility index (Phi) is 5.12. The van der Waals surface area contributed by atoms with Crippen LogP contribution in [0.1, 0.15) is 17.3 Å². The van der Waals surface area contributed by atoms with Crippen LogP contribution >= 0.6 is 0 Å². The number of benzene rings is 2. The van der Waals surface area contributed by atoms with Crippen molar-refractivity contribution in [1.29, 1.82) is 0 Å². The third-order valence-electron chi connectivity index (χ3n) is 3.75. The predicted molar refractivity (Wildman–Crippen MR) is 95.7 cm³/mol. The fourth-order valence-electron chi connectivity index (χ4n) is 2.37. The van der Waals surface area contributed by atoms with E-state index in [0.29, 0.717) is 11.3 Å². The lowest BCUT2D eigenvalue weighted by molar-refractivity contribution is -0.123. The maximum atomic E-state index is 13.1. The second kappa shape index (κ2) is 7.65. The molecule has 0 spiro atoms. The Morgan fingerprint density at radius 3 is 2.38 bits per heavy atom. The molecule has 1 atom stereocenters. The summed E-state index contributed by atoms with van der Waals surface area (Å²) < 4.78 is 20.2. The van der Waals surface area contributed by atoms with E-state index in [9.17, 15) is 14.0 Å². The molecule has 0 saturated heterocycles. The molecular weight excluding hydrogens is 335 g/mol. The molecule has 0 fully saturated rings. The second-order valence-electron chi connectivity index (χ2n) is 5.68. The van der Waals surface area contributed by atoms with Crippen molar-refractivity contribution in [2.75, 3.05) is 5.32 Å². The van der Waals surface area contributed by atoms with Gasteiger partial charge in [0.2, 0.25) is 0 Å². The molecule has 3 rings (SSSR count). The molecule has 1 aromatic heterocycles. The maximum Gasteiger partial charge on any atom is 0.338 e. The number of rotatable bonds is 5. The molecule has 0 saturated carbocycles. The topological polar surface area (TPSA) is 60.3 Å². The van der Waals surface area contributed by atoms with Crippen molar-refractivity contribution in [3.63, 3.8) is 0 Å². The van der Waals surface area contributed by atoms with Crippen molar-refractivity contribution in [2.24, 2.45) is 0 Å². The number of ether oxygens (including phenoxy) is 1. The molecule has 26 heavy (non-hydrogen) atoms. The van der Waals surface area contributed by atoms with Crippen LogP contribution in [0.5, 0.6) is 0 Å².